The molecule has 0 saturated carbocycles. The van der Waals surface area contributed by atoms with Crippen molar-refractivity contribution in [1.82, 2.24) is 10.6 Å². The molecule has 0 atom stereocenters. The van der Waals surface area contributed by atoms with Crippen LogP contribution in [-0.2, 0) is 6.54 Å². The lowest BCUT2D eigenvalue weighted by Crippen LogP contribution is -2.39. The highest BCUT2D eigenvalue weighted by atomic mass is 19.1. The molecule has 2 aromatic carbocycles. The van der Waals surface area contributed by atoms with Crippen molar-refractivity contribution in [3.05, 3.63) is 65.5 Å². The van der Waals surface area contributed by atoms with Gasteiger partial charge in [0.05, 0.1) is 0 Å². The van der Waals surface area contributed by atoms with Crippen molar-refractivity contribution in [2.75, 3.05) is 5.32 Å². The van der Waals surface area contributed by atoms with Crippen molar-refractivity contribution in [2.24, 2.45) is 0 Å². The number of halogens is 1. The first-order valence-electron chi connectivity index (χ1n) is 7.64. The number of benzene rings is 2. The van der Waals surface area contributed by atoms with Crippen LogP contribution in [0.2, 0.25) is 0 Å². The minimum atomic E-state index is -0.408. The molecule has 2 rings (SSSR count). The molecule has 0 aliphatic carbocycles. The number of anilines is 1. The Balaban J connectivity index is 1.91. The van der Waals surface area contributed by atoms with Gasteiger partial charge in [-0.15, -0.1) is 0 Å². The molecule has 0 bridgehead atoms. The van der Waals surface area contributed by atoms with Crippen LogP contribution in [0.5, 0.6) is 0 Å². The number of urea groups is 1. The van der Waals surface area contributed by atoms with Crippen LogP contribution in [0, 0.1) is 5.82 Å². The average Bonchev–Trinajstić information content (AvgIpc) is 2.53. The van der Waals surface area contributed by atoms with E-state index in [1.54, 1.807) is 30.3 Å². The fourth-order valence-corrected chi connectivity index (χ4v) is 2.04. The van der Waals surface area contributed by atoms with Gasteiger partial charge in [0.1, 0.15) is 5.82 Å². The Kier molecular flexibility index (Phi) is 5.89. The second-order valence-corrected chi connectivity index (χ2v) is 5.64. The van der Waals surface area contributed by atoms with E-state index in [2.05, 4.69) is 16.0 Å². The van der Waals surface area contributed by atoms with Crippen LogP contribution in [0.15, 0.2) is 48.5 Å². The van der Waals surface area contributed by atoms with Gasteiger partial charge in [0.25, 0.3) is 5.91 Å². The summed E-state index contributed by atoms with van der Waals surface area (Å²) in [5.41, 5.74) is 1.72. The van der Waals surface area contributed by atoms with Gasteiger partial charge in [-0.05, 0) is 49.7 Å². The minimum absolute atomic E-state index is 0.0684. The van der Waals surface area contributed by atoms with E-state index in [9.17, 15) is 14.0 Å². The highest BCUT2D eigenvalue weighted by molar-refractivity contribution is 6.04. The number of hydrogen-bond acceptors (Lipinski definition) is 2. The zero-order valence-corrected chi connectivity index (χ0v) is 13.6. The predicted octanol–water partition coefficient (Wildman–Crippen LogP) is 3.29. The molecule has 126 valence electrons. The molecule has 3 amide bonds. The molecule has 2 aromatic rings. The van der Waals surface area contributed by atoms with Crippen LogP contribution in [0.3, 0.4) is 0 Å². The van der Waals surface area contributed by atoms with E-state index >= 15 is 0 Å². The summed E-state index contributed by atoms with van der Waals surface area (Å²) in [5, 5.41) is 8.09. The summed E-state index contributed by atoms with van der Waals surface area (Å²) in [7, 11) is 0. The molecule has 0 saturated heterocycles. The van der Waals surface area contributed by atoms with Gasteiger partial charge < -0.3 is 16.0 Å². The molecule has 5 nitrogen and oxygen atoms in total. The van der Waals surface area contributed by atoms with Crippen LogP contribution in [-0.4, -0.2) is 18.0 Å². The van der Waals surface area contributed by atoms with Crippen LogP contribution < -0.4 is 16.0 Å². The number of carbonyl (C=O) groups is 2. The number of amides is 3. The van der Waals surface area contributed by atoms with E-state index in [4.69, 9.17) is 0 Å². The second kappa shape index (κ2) is 8.10. The standard InChI is InChI=1S/C18H20FN3O2/c1-12(2)21-18(24)20-11-13-6-8-14(9-7-13)17(23)22-16-5-3-4-15(19)10-16/h3-10,12H,11H2,1-2H3,(H,22,23)(H2,20,21,24). The summed E-state index contributed by atoms with van der Waals surface area (Å²) in [6, 6.07) is 12.4. The first kappa shape index (κ1) is 17.5. The van der Waals surface area contributed by atoms with Gasteiger partial charge in [0.15, 0.2) is 0 Å². The van der Waals surface area contributed by atoms with Crippen molar-refractivity contribution in [1.29, 1.82) is 0 Å². The maximum absolute atomic E-state index is 13.1. The molecular weight excluding hydrogens is 309 g/mol. The first-order chi connectivity index (χ1) is 11.4. The molecule has 0 radical (unpaired) electrons. The summed E-state index contributed by atoms with van der Waals surface area (Å²) in [4.78, 5) is 23.6. The first-order valence-corrected chi connectivity index (χ1v) is 7.64. The summed E-state index contributed by atoms with van der Waals surface area (Å²) in [5.74, 6) is -0.730. The third kappa shape index (κ3) is 5.39. The Labute approximate surface area is 140 Å². The SMILES string of the molecule is CC(C)NC(=O)NCc1ccc(C(=O)Nc2cccc(F)c2)cc1. The quantitative estimate of drug-likeness (QED) is 0.788. The Morgan fingerprint density at radius 3 is 2.42 bits per heavy atom. The predicted molar refractivity (Wildman–Crippen MR) is 91.3 cm³/mol. The Morgan fingerprint density at radius 1 is 1.08 bits per heavy atom. The van der Waals surface area contributed by atoms with E-state index < -0.39 is 5.82 Å². The fraction of sp³-hybridized carbons (Fsp3) is 0.222. The van der Waals surface area contributed by atoms with E-state index in [0.29, 0.717) is 17.8 Å². The maximum atomic E-state index is 13.1. The molecule has 3 N–H and O–H groups in total. The third-order valence-corrected chi connectivity index (χ3v) is 3.17. The van der Waals surface area contributed by atoms with E-state index in [1.165, 1.54) is 18.2 Å². The van der Waals surface area contributed by atoms with Gasteiger partial charge in [0, 0.05) is 23.8 Å². The molecule has 0 heterocycles. The monoisotopic (exact) mass is 329 g/mol. The van der Waals surface area contributed by atoms with Gasteiger partial charge in [-0.3, -0.25) is 4.79 Å². The van der Waals surface area contributed by atoms with Crippen LogP contribution >= 0.6 is 0 Å². The normalized spacial score (nSPS) is 10.3. The molecule has 0 aliphatic heterocycles. The summed E-state index contributed by atoms with van der Waals surface area (Å²) in [6.07, 6.45) is 0. The molecule has 0 aliphatic rings. The largest absolute Gasteiger partial charge is 0.336 e. The van der Waals surface area contributed by atoms with Gasteiger partial charge in [0.2, 0.25) is 0 Å². The van der Waals surface area contributed by atoms with Crippen LogP contribution in [0.1, 0.15) is 29.8 Å². The van der Waals surface area contributed by atoms with Crippen molar-refractivity contribution < 1.29 is 14.0 Å². The number of hydrogen-bond donors (Lipinski definition) is 3. The Bertz CT molecular complexity index is 714. The molecule has 24 heavy (non-hydrogen) atoms. The van der Waals surface area contributed by atoms with Crippen molar-refractivity contribution in [3.63, 3.8) is 0 Å². The number of rotatable bonds is 5. The smallest absolute Gasteiger partial charge is 0.315 e. The Morgan fingerprint density at radius 2 is 1.79 bits per heavy atom. The van der Waals surface area contributed by atoms with Gasteiger partial charge in [-0.2, -0.15) is 0 Å². The summed E-state index contributed by atoms with van der Waals surface area (Å²) >= 11 is 0. The van der Waals surface area contributed by atoms with Crippen LogP contribution in [0.25, 0.3) is 0 Å². The lowest BCUT2D eigenvalue weighted by molar-refractivity contribution is 0.102. The topological polar surface area (TPSA) is 70.2 Å². The third-order valence-electron chi connectivity index (χ3n) is 3.17. The van der Waals surface area contributed by atoms with Crippen molar-refractivity contribution in [3.8, 4) is 0 Å². The number of carbonyl (C=O) groups excluding carboxylic acids is 2. The highest BCUT2D eigenvalue weighted by Crippen LogP contribution is 2.12. The van der Waals surface area contributed by atoms with Crippen LogP contribution in [0.4, 0.5) is 14.9 Å². The summed E-state index contributed by atoms with van der Waals surface area (Å²) in [6.45, 7) is 4.13. The van der Waals surface area contributed by atoms with Crippen molar-refractivity contribution >= 4 is 17.6 Å². The fourth-order valence-electron chi connectivity index (χ4n) is 2.04. The summed E-state index contributed by atoms with van der Waals surface area (Å²) < 4.78 is 13.1. The average molecular weight is 329 g/mol. The van der Waals surface area contributed by atoms with Crippen molar-refractivity contribution in [2.45, 2.75) is 26.4 Å². The van der Waals surface area contributed by atoms with E-state index in [-0.39, 0.29) is 18.0 Å². The molecule has 0 spiro atoms. The van der Waals surface area contributed by atoms with Gasteiger partial charge in [-0.1, -0.05) is 18.2 Å². The van der Waals surface area contributed by atoms with Gasteiger partial charge in [-0.25, -0.2) is 9.18 Å². The number of nitrogens with one attached hydrogen (secondary N) is 3. The molecule has 6 heteroatoms. The van der Waals surface area contributed by atoms with E-state index in [0.717, 1.165) is 5.56 Å². The second-order valence-electron chi connectivity index (χ2n) is 5.64. The highest BCUT2D eigenvalue weighted by Gasteiger charge is 2.07. The Hall–Kier alpha value is -2.89. The molecule has 0 unspecified atom stereocenters. The van der Waals surface area contributed by atoms with Gasteiger partial charge >= 0.3 is 6.03 Å². The maximum Gasteiger partial charge on any atom is 0.315 e. The zero-order chi connectivity index (χ0) is 17.5. The molecule has 0 fully saturated rings. The lowest BCUT2D eigenvalue weighted by Gasteiger charge is -2.10. The van der Waals surface area contributed by atoms with E-state index in [1.807, 2.05) is 13.8 Å². The molecule has 0 aromatic heterocycles. The minimum Gasteiger partial charge on any atom is -0.336 e. The molecular formula is C18H20FN3O2. The lowest BCUT2D eigenvalue weighted by atomic mass is 10.1. The zero-order valence-electron chi connectivity index (χ0n) is 13.6.